The van der Waals surface area contributed by atoms with E-state index in [9.17, 15) is 4.79 Å². The van der Waals surface area contributed by atoms with Crippen molar-refractivity contribution < 1.29 is 14.6 Å². The van der Waals surface area contributed by atoms with Crippen LogP contribution in [0.25, 0.3) is 0 Å². The Morgan fingerprint density at radius 3 is 2.50 bits per heavy atom. The van der Waals surface area contributed by atoms with Crippen LogP contribution < -0.4 is 10.1 Å². The molecule has 4 nitrogen and oxygen atoms in total. The van der Waals surface area contributed by atoms with Gasteiger partial charge in [-0.05, 0) is 36.0 Å². The number of rotatable bonds is 8. The quantitative estimate of drug-likeness (QED) is 0.766. The highest BCUT2D eigenvalue weighted by atomic mass is 16.5. The number of carbonyl (C=O) groups excluding carboxylic acids is 1. The van der Waals surface area contributed by atoms with Crippen LogP contribution >= 0.6 is 0 Å². The first-order chi connectivity index (χ1) is 9.46. The minimum Gasteiger partial charge on any atom is -0.497 e. The summed E-state index contributed by atoms with van der Waals surface area (Å²) in [4.78, 5) is 11.9. The van der Waals surface area contributed by atoms with Gasteiger partial charge in [0.2, 0.25) is 5.91 Å². The van der Waals surface area contributed by atoms with E-state index in [0.29, 0.717) is 13.0 Å². The molecule has 0 spiro atoms. The zero-order chi connectivity index (χ0) is 15.0. The summed E-state index contributed by atoms with van der Waals surface area (Å²) in [5.74, 6) is 0.812. The van der Waals surface area contributed by atoms with Crippen molar-refractivity contribution >= 4 is 5.91 Å². The maximum atomic E-state index is 11.9. The van der Waals surface area contributed by atoms with Crippen LogP contribution in [0.5, 0.6) is 5.75 Å². The normalized spacial score (nSPS) is 11.2. The first-order valence-electron chi connectivity index (χ1n) is 6.97. The fourth-order valence-electron chi connectivity index (χ4n) is 1.98. The average molecular weight is 279 g/mol. The highest BCUT2D eigenvalue weighted by Gasteiger charge is 2.18. The van der Waals surface area contributed by atoms with Crippen molar-refractivity contribution in [2.45, 2.75) is 33.1 Å². The lowest BCUT2D eigenvalue weighted by Crippen LogP contribution is -2.35. The molecule has 1 rings (SSSR count). The molecule has 1 aromatic carbocycles. The third-order valence-electron chi connectivity index (χ3n) is 3.30. The second-order valence-corrected chi connectivity index (χ2v) is 5.79. The van der Waals surface area contributed by atoms with E-state index < -0.39 is 0 Å². The van der Waals surface area contributed by atoms with Gasteiger partial charge in [-0.1, -0.05) is 26.0 Å². The van der Waals surface area contributed by atoms with E-state index >= 15 is 0 Å². The van der Waals surface area contributed by atoms with Gasteiger partial charge in [0.25, 0.3) is 0 Å². The van der Waals surface area contributed by atoms with Gasteiger partial charge in [-0.15, -0.1) is 0 Å². The number of carbonyl (C=O) groups is 1. The second kappa shape index (κ2) is 7.90. The number of aliphatic hydroxyl groups excluding tert-OH is 1. The molecule has 0 saturated carbocycles. The number of amides is 1. The lowest BCUT2D eigenvalue weighted by molar-refractivity contribution is -0.120. The summed E-state index contributed by atoms with van der Waals surface area (Å²) >= 11 is 0. The van der Waals surface area contributed by atoms with Gasteiger partial charge in [-0.25, -0.2) is 0 Å². The molecule has 0 bridgehead atoms. The average Bonchev–Trinajstić information content (AvgIpc) is 2.44. The number of hydrogen-bond acceptors (Lipinski definition) is 3. The molecule has 0 aliphatic heterocycles. The molecule has 0 radical (unpaired) electrons. The maximum absolute atomic E-state index is 11.9. The Balaban J connectivity index is 2.39. The van der Waals surface area contributed by atoms with Crippen molar-refractivity contribution in [2.24, 2.45) is 5.41 Å². The van der Waals surface area contributed by atoms with Gasteiger partial charge in [0, 0.05) is 13.2 Å². The van der Waals surface area contributed by atoms with Gasteiger partial charge >= 0.3 is 0 Å². The van der Waals surface area contributed by atoms with Crippen LogP contribution in [0.4, 0.5) is 0 Å². The largest absolute Gasteiger partial charge is 0.497 e. The second-order valence-electron chi connectivity index (χ2n) is 5.79. The monoisotopic (exact) mass is 279 g/mol. The van der Waals surface area contributed by atoms with Gasteiger partial charge in [0.05, 0.1) is 13.5 Å². The van der Waals surface area contributed by atoms with E-state index in [-0.39, 0.29) is 17.9 Å². The van der Waals surface area contributed by atoms with Crippen LogP contribution in [0.3, 0.4) is 0 Å². The van der Waals surface area contributed by atoms with Crippen molar-refractivity contribution in [3.05, 3.63) is 29.8 Å². The first kappa shape index (κ1) is 16.5. The standard InChI is InChI=1S/C16H25NO3/c1-16(2,9-4-10-18)12-17-15(19)11-13-5-7-14(20-3)8-6-13/h5-8,18H,4,9-12H2,1-3H3,(H,17,19). The summed E-state index contributed by atoms with van der Waals surface area (Å²) < 4.78 is 5.08. The number of benzene rings is 1. The van der Waals surface area contributed by atoms with Gasteiger partial charge < -0.3 is 15.2 Å². The van der Waals surface area contributed by atoms with Gasteiger partial charge in [-0.2, -0.15) is 0 Å². The number of hydrogen-bond donors (Lipinski definition) is 2. The number of ether oxygens (including phenoxy) is 1. The Labute approximate surface area is 121 Å². The minimum atomic E-state index is 0.0122. The lowest BCUT2D eigenvalue weighted by atomic mass is 9.88. The Hall–Kier alpha value is -1.55. The summed E-state index contributed by atoms with van der Waals surface area (Å²) in [6.45, 7) is 5.01. The fourth-order valence-corrected chi connectivity index (χ4v) is 1.98. The molecule has 0 fully saturated rings. The molecule has 0 aromatic heterocycles. The van der Waals surface area contributed by atoms with Crippen molar-refractivity contribution in [2.75, 3.05) is 20.3 Å². The van der Waals surface area contributed by atoms with Crippen molar-refractivity contribution in [1.82, 2.24) is 5.32 Å². The summed E-state index contributed by atoms with van der Waals surface area (Å²) in [7, 11) is 1.62. The summed E-state index contributed by atoms with van der Waals surface area (Å²) in [6.07, 6.45) is 2.04. The first-order valence-corrected chi connectivity index (χ1v) is 6.97. The van der Waals surface area contributed by atoms with E-state index in [1.165, 1.54) is 0 Å². The maximum Gasteiger partial charge on any atom is 0.224 e. The number of aliphatic hydroxyl groups is 1. The molecule has 0 atom stereocenters. The topological polar surface area (TPSA) is 58.6 Å². The molecule has 0 heterocycles. The molecule has 20 heavy (non-hydrogen) atoms. The Bertz CT molecular complexity index is 412. The third-order valence-corrected chi connectivity index (χ3v) is 3.30. The Kier molecular flexibility index (Phi) is 6.52. The van der Waals surface area contributed by atoms with E-state index in [1.807, 2.05) is 24.3 Å². The van der Waals surface area contributed by atoms with E-state index in [2.05, 4.69) is 19.2 Å². The molecule has 0 saturated heterocycles. The highest BCUT2D eigenvalue weighted by Crippen LogP contribution is 2.20. The Morgan fingerprint density at radius 2 is 1.95 bits per heavy atom. The zero-order valence-electron chi connectivity index (χ0n) is 12.6. The SMILES string of the molecule is COc1ccc(CC(=O)NCC(C)(C)CCCO)cc1. The summed E-state index contributed by atoms with van der Waals surface area (Å²) in [5.41, 5.74) is 0.981. The molecule has 4 heteroatoms. The molecule has 2 N–H and O–H groups in total. The van der Waals surface area contributed by atoms with Crippen molar-refractivity contribution in [1.29, 1.82) is 0 Å². The number of nitrogens with one attached hydrogen (secondary N) is 1. The van der Waals surface area contributed by atoms with Crippen LogP contribution in [0.1, 0.15) is 32.3 Å². The molecule has 1 aromatic rings. The molecule has 0 unspecified atom stereocenters. The highest BCUT2D eigenvalue weighted by molar-refractivity contribution is 5.78. The summed E-state index contributed by atoms with van der Waals surface area (Å²) in [6, 6.07) is 7.51. The van der Waals surface area contributed by atoms with Crippen LogP contribution in [-0.4, -0.2) is 31.3 Å². The molecule has 112 valence electrons. The van der Waals surface area contributed by atoms with E-state index in [0.717, 1.165) is 24.2 Å². The lowest BCUT2D eigenvalue weighted by Gasteiger charge is -2.24. The summed E-state index contributed by atoms with van der Waals surface area (Å²) in [5, 5.41) is 11.8. The van der Waals surface area contributed by atoms with Crippen LogP contribution in [-0.2, 0) is 11.2 Å². The van der Waals surface area contributed by atoms with Crippen LogP contribution in [0, 0.1) is 5.41 Å². The van der Waals surface area contributed by atoms with Crippen molar-refractivity contribution in [3.63, 3.8) is 0 Å². The molecule has 0 aliphatic rings. The molecule has 0 aliphatic carbocycles. The Morgan fingerprint density at radius 1 is 1.30 bits per heavy atom. The number of methoxy groups -OCH3 is 1. The van der Waals surface area contributed by atoms with E-state index in [1.54, 1.807) is 7.11 Å². The molecular formula is C16H25NO3. The minimum absolute atomic E-state index is 0.0122. The predicted molar refractivity (Wildman–Crippen MR) is 79.8 cm³/mol. The fraction of sp³-hybridized carbons (Fsp3) is 0.562. The molecule has 1 amide bonds. The van der Waals surface area contributed by atoms with Crippen LogP contribution in [0.2, 0.25) is 0 Å². The van der Waals surface area contributed by atoms with Gasteiger partial charge in [-0.3, -0.25) is 4.79 Å². The third kappa shape index (κ3) is 6.06. The zero-order valence-corrected chi connectivity index (χ0v) is 12.6. The van der Waals surface area contributed by atoms with Gasteiger partial charge in [0.15, 0.2) is 0 Å². The van der Waals surface area contributed by atoms with Crippen molar-refractivity contribution in [3.8, 4) is 5.75 Å². The van der Waals surface area contributed by atoms with E-state index in [4.69, 9.17) is 9.84 Å². The van der Waals surface area contributed by atoms with Crippen LogP contribution in [0.15, 0.2) is 24.3 Å². The smallest absolute Gasteiger partial charge is 0.224 e. The molecular weight excluding hydrogens is 254 g/mol. The van der Waals surface area contributed by atoms with Gasteiger partial charge in [0.1, 0.15) is 5.75 Å². The predicted octanol–water partition coefficient (Wildman–Crippen LogP) is 2.15.